The van der Waals surface area contributed by atoms with Crippen LogP contribution in [-0.2, 0) is 20.1 Å². The van der Waals surface area contributed by atoms with E-state index in [1.54, 1.807) is 25.1 Å². The molecule has 0 aromatic heterocycles. The Bertz CT molecular complexity index is 1350. The van der Waals surface area contributed by atoms with Gasteiger partial charge in [0.2, 0.25) is 0 Å². The Hall–Kier alpha value is -3.04. The quantitative estimate of drug-likeness (QED) is 0.447. The first kappa shape index (κ1) is 24.6. The summed E-state index contributed by atoms with van der Waals surface area (Å²) in [4.78, 5) is 0.126. The molecule has 33 heavy (non-hydrogen) atoms. The van der Waals surface area contributed by atoms with Crippen molar-refractivity contribution in [2.75, 3.05) is 11.8 Å². The molecular weight excluding hydrogens is 462 g/mol. The number of methoxy groups -OCH3 is 1. The molecule has 0 radical (unpaired) electrons. The summed E-state index contributed by atoms with van der Waals surface area (Å²) < 4.78 is 64.5. The minimum absolute atomic E-state index is 0.0141. The Morgan fingerprint density at radius 2 is 1.39 bits per heavy atom. The van der Waals surface area contributed by atoms with Crippen molar-refractivity contribution < 1.29 is 25.8 Å². The van der Waals surface area contributed by atoms with Gasteiger partial charge in [-0.15, -0.1) is 0 Å². The fourth-order valence-corrected chi connectivity index (χ4v) is 5.23. The SMILES string of the molecule is COc1ccc(S(=O)(=O)Oc2cc(C)c(NS(=O)(=O)c3ccc(C)cc3)cc2C(C)C)cc1. The third-order valence-electron chi connectivity index (χ3n) is 5.10. The lowest BCUT2D eigenvalue weighted by molar-refractivity contribution is 0.414. The van der Waals surface area contributed by atoms with Crippen molar-refractivity contribution in [2.45, 2.75) is 43.4 Å². The van der Waals surface area contributed by atoms with Crippen LogP contribution in [-0.4, -0.2) is 23.9 Å². The van der Waals surface area contributed by atoms with E-state index in [4.69, 9.17) is 8.92 Å². The average molecular weight is 490 g/mol. The van der Waals surface area contributed by atoms with Gasteiger partial charge in [0.1, 0.15) is 16.4 Å². The summed E-state index contributed by atoms with van der Waals surface area (Å²) >= 11 is 0. The van der Waals surface area contributed by atoms with E-state index in [9.17, 15) is 16.8 Å². The minimum Gasteiger partial charge on any atom is -0.497 e. The number of anilines is 1. The molecule has 176 valence electrons. The topological polar surface area (TPSA) is 98.8 Å². The van der Waals surface area contributed by atoms with E-state index in [1.165, 1.54) is 49.6 Å². The molecule has 0 aliphatic rings. The molecule has 0 unspecified atom stereocenters. The fraction of sp³-hybridized carbons (Fsp3) is 0.250. The van der Waals surface area contributed by atoms with Crippen molar-refractivity contribution in [3.8, 4) is 11.5 Å². The Morgan fingerprint density at radius 3 is 1.94 bits per heavy atom. The van der Waals surface area contributed by atoms with Gasteiger partial charge in [-0.3, -0.25) is 4.72 Å². The summed E-state index contributed by atoms with van der Waals surface area (Å²) in [6, 6.07) is 15.5. The molecule has 0 atom stereocenters. The summed E-state index contributed by atoms with van der Waals surface area (Å²) in [5.41, 5.74) is 2.38. The Balaban J connectivity index is 1.96. The van der Waals surface area contributed by atoms with Crippen LogP contribution in [0.25, 0.3) is 0 Å². The zero-order chi connectivity index (χ0) is 24.4. The van der Waals surface area contributed by atoms with E-state index < -0.39 is 20.1 Å². The van der Waals surface area contributed by atoms with Gasteiger partial charge < -0.3 is 8.92 Å². The monoisotopic (exact) mass is 489 g/mol. The number of hydrogen-bond acceptors (Lipinski definition) is 6. The first-order valence-corrected chi connectivity index (χ1v) is 13.1. The smallest absolute Gasteiger partial charge is 0.339 e. The van der Waals surface area contributed by atoms with Crippen LogP contribution in [0.4, 0.5) is 5.69 Å². The molecule has 1 N–H and O–H groups in total. The van der Waals surface area contributed by atoms with Crippen LogP contribution in [0.15, 0.2) is 70.5 Å². The maximum absolute atomic E-state index is 12.8. The largest absolute Gasteiger partial charge is 0.497 e. The molecule has 0 aliphatic heterocycles. The first-order valence-electron chi connectivity index (χ1n) is 10.3. The number of nitrogens with one attached hydrogen (secondary N) is 1. The standard InChI is InChI=1S/C24H27NO6S2/c1-16(2)22-15-23(25-32(26,27)20-10-6-17(3)7-11-20)18(4)14-24(22)31-33(28,29)21-12-8-19(30-5)9-13-21/h6-16,25H,1-5H3. The van der Waals surface area contributed by atoms with E-state index >= 15 is 0 Å². The minimum atomic E-state index is -4.10. The normalized spacial score (nSPS) is 11.9. The van der Waals surface area contributed by atoms with Gasteiger partial charge in [0.05, 0.1) is 17.7 Å². The van der Waals surface area contributed by atoms with Crippen LogP contribution in [0.3, 0.4) is 0 Å². The van der Waals surface area contributed by atoms with Crippen LogP contribution < -0.4 is 13.6 Å². The van der Waals surface area contributed by atoms with Gasteiger partial charge >= 0.3 is 10.1 Å². The number of benzene rings is 3. The van der Waals surface area contributed by atoms with E-state index in [0.29, 0.717) is 22.6 Å². The zero-order valence-electron chi connectivity index (χ0n) is 19.1. The number of aryl methyl sites for hydroxylation is 2. The van der Waals surface area contributed by atoms with E-state index in [1.807, 2.05) is 20.8 Å². The lowest BCUT2D eigenvalue weighted by Crippen LogP contribution is -2.15. The Kier molecular flexibility index (Phi) is 7.04. The molecule has 0 saturated heterocycles. The highest BCUT2D eigenvalue weighted by Gasteiger charge is 2.23. The van der Waals surface area contributed by atoms with Crippen LogP contribution in [0.5, 0.6) is 11.5 Å². The highest BCUT2D eigenvalue weighted by molar-refractivity contribution is 7.92. The van der Waals surface area contributed by atoms with Gasteiger partial charge in [0.15, 0.2) is 0 Å². The van der Waals surface area contributed by atoms with Crippen LogP contribution in [0.2, 0.25) is 0 Å². The molecule has 0 fully saturated rings. The van der Waals surface area contributed by atoms with E-state index in [2.05, 4.69) is 4.72 Å². The summed E-state index contributed by atoms with van der Waals surface area (Å²) in [5.74, 6) is 0.545. The number of sulfonamides is 1. The molecule has 7 nitrogen and oxygen atoms in total. The van der Waals surface area contributed by atoms with Crippen molar-refractivity contribution in [3.05, 3.63) is 77.4 Å². The molecule has 0 aliphatic carbocycles. The van der Waals surface area contributed by atoms with Crippen molar-refractivity contribution >= 4 is 25.8 Å². The number of ether oxygens (including phenoxy) is 1. The van der Waals surface area contributed by atoms with Crippen LogP contribution in [0, 0.1) is 13.8 Å². The molecule has 0 spiro atoms. The van der Waals surface area contributed by atoms with Crippen LogP contribution >= 0.6 is 0 Å². The van der Waals surface area contributed by atoms with Gasteiger partial charge in [-0.05, 0) is 73.9 Å². The molecular formula is C24H27NO6S2. The van der Waals surface area contributed by atoms with Crippen molar-refractivity contribution in [2.24, 2.45) is 0 Å². The van der Waals surface area contributed by atoms with Gasteiger partial charge in [-0.25, -0.2) is 8.42 Å². The van der Waals surface area contributed by atoms with E-state index in [-0.39, 0.29) is 21.5 Å². The lowest BCUT2D eigenvalue weighted by Gasteiger charge is -2.18. The second-order valence-electron chi connectivity index (χ2n) is 7.99. The van der Waals surface area contributed by atoms with Crippen LogP contribution in [0.1, 0.15) is 36.5 Å². The third-order valence-corrected chi connectivity index (χ3v) is 7.73. The summed E-state index contributed by atoms with van der Waals surface area (Å²) in [6.45, 7) is 7.30. The molecule has 0 heterocycles. The van der Waals surface area contributed by atoms with Crippen molar-refractivity contribution in [1.82, 2.24) is 0 Å². The summed E-state index contributed by atoms with van der Waals surface area (Å²) in [6.07, 6.45) is 0. The average Bonchev–Trinajstić information content (AvgIpc) is 2.75. The Labute approximate surface area is 195 Å². The lowest BCUT2D eigenvalue weighted by atomic mass is 9.99. The fourth-order valence-electron chi connectivity index (χ4n) is 3.16. The molecule has 0 bridgehead atoms. The second kappa shape index (κ2) is 9.44. The van der Waals surface area contributed by atoms with Gasteiger partial charge in [-0.1, -0.05) is 31.5 Å². The maximum Gasteiger partial charge on any atom is 0.339 e. The molecule has 9 heteroatoms. The summed E-state index contributed by atoms with van der Waals surface area (Å²) in [5, 5.41) is 0. The first-order chi connectivity index (χ1) is 15.4. The number of rotatable bonds is 8. The zero-order valence-corrected chi connectivity index (χ0v) is 20.7. The van der Waals surface area contributed by atoms with Gasteiger partial charge in [0, 0.05) is 5.56 Å². The Morgan fingerprint density at radius 1 is 0.818 bits per heavy atom. The third kappa shape index (κ3) is 5.66. The predicted molar refractivity (Wildman–Crippen MR) is 128 cm³/mol. The highest BCUT2D eigenvalue weighted by Crippen LogP contribution is 2.35. The number of hydrogen-bond donors (Lipinski definition) is 1. The van der Waals surface area contributed by atoms with Gasteiger partial charge in [0.25, 0.3) is 10.0 Å². The molecule has 0 amide bonds. The molecule has 3 aromatic carbocycles. The summed E-state index contributed by atoms with van der Waals surface area (Å²) in [7, 11) is -6.42. The molecule has 3 aromatic rings. The predicted octanol–water partition coefficient (Wildman–Crippen LogP) is 5.00. The molecule has 0 saturated carbocycles. The second-order valence-corrected chi connectivity index (χ2v) is 11.2. The van der Waals surface area contributed by atoms with Gasteiger partial charge in [-0.2, -0.15) is 8.42 Å². The maximum atomic E-state index is 12.8. The van der Waals surface area contributed by atoms with E-state index in [0.717, 1.165) is 5.56 Å². The van der Waals surface area contributed by atoms with Crippen molar-refractivity contribution in [3.63, 3.8) is 0 Å². The molecule has 3 rings (SSSR count). The highest BCUT2D eigenvalue weighted by atomic mass is 32.2. The van der Waals surface area contributed by atoms with Crippen molar-refractivity contribution in [1.29, 1.82) is 0 Å².